The molecule has 3 heteroatoms. The lowest BCUT2D eigenvalue weighted by atomic mass is 10.0. The van der Waals surface area contributed by atoms with E-state index in [4.69, 9.17) is 4.74 Å². The monoisotopic (exact) mass is 494 g/mol. The van der Waals surface area contributed by atoms with E-state index in [2.05, 4.69) is 36.4 Å². The van der Waals surface area contributed by atoms with Crippen molar-refractivity contribution in [3.8, 4) is 0 Å². The Morgan fingerprint density at radius 3 is 1.44 bits per heavy atom. The van der Waals surface area contributed by atoms with Crippen LogP contribution in [-0.2, 0) is 9.53 Å². The second-order valence-corrected chi connectivity index (χ2v) is 10.3. The summed E-state index contributed by atoms with van der Waals surface area (Å²) in [7, 11) is 0. The second kappa shape index (κ2) is 22.5. The van der Waals surface area contributed by atoms with Crippen molar-refractivity contribution in [2.24, 2.45) is 0 Å². The number of rotatable bonds is 21. The zero-order chi connectivity index (χ0) is 20.0. The molecule has 0 fully saturated rings. The number of carbonyl (C=O) groups is 1. The first-order valence-electron chi connectivity index (χ1n) is 12.0. The van der Waals surface area contributed by atoms with Crippen molar-refractivity contribution in [1.29, 1.82) is 0 Å². The molecule has 0 radical (unpaired) electrons. The molecule has 162 valence electrons. The number of ether oxygens (including phenoxy) is 1. The van der Waals surface area contributed by atoms with Gasteiger partial charge in [0.2, 0.25) is 0 Å². The molecule has 0 rings (SSSR count). The maximum atomic E-state index is 11.5. The van der Waals surface area contributed by atoms with E-state index >= 15 is 0 Å². The zero-order valence-corrected chi connectivity index (χ0v) is 20.6. The van der Waals surface area contributed by atoms with Crippen molar-refractivity contribution in [3.63, 3.8) is 0 Å². The maximum Gasteiger partial charge on any atom is 0.305 e. The number of alkyl halides is 1. The molecule has 0 aliphatic rings. The Morgan fingerprint density at radius 1 is 0.704 bits per heavy atom. The predicted octanol–water partition coefficient (Wildman–Crippen LogP) is 8.78. The minimum absolute atomic E-state index is 0.0185. The minimum Gasteiger partial charge on any atom is -0.466 e. The van der Waals surface area contributed by atoms with Gasteiger partial charge in [0.15, 0.2) is 0 Å². The van der Waals surface area contributed by atoms with Gasteiger partial charge in [0, 0.05) is 10.3 Å². The molecule has 0 amide bonds. The summed E-state index contributed by atoms with van der Waals surface area (Å²) in [4.78, 5) is 11.5. The van der Waals surface area contributed by atoms with Crippen LogP contribution in [0.2, 0.25) is 0 Å². The first kappa shape index (κ1) is 27.2. The summed E-state index contributed by atoms with van der Waals surface area (Å²) in [6.07, 6.45) is 24.9. The molecule has 0 saturated heterocycles. The van der Waals surface area contributed by atoms with E-state index in [1.54, 1.807) is 0 Å². The van der Waals surface area contributed by atoms with Gasteiger partial charge >= 0.3 is 5.97 Å². The van der Waals surface area contributed by atoms with Crippen LogP contribution in [0.25, 0.3) is 0 Å². The van der Waals surface area contributed by atoms with Crippen molar-refractivity contribution >= 4 is 28.6 Å². The van der Waals surface area contributed by atoms with Crippen LogP contribution >= 0.6 is 22.6 Å². The molecule has 0 N–H and O–H groups in total. The Kier molecular flexibility index (Phi) is 22.7. The normalized spacial score (nSPS) is 12.3. The molecule has 0 saturated carbocycles. The highest BCUT2D eigenvalue weighted by molar-refractivity contribution is 14.1. The molecule has 27 heavy (non-hydrogen) atoms. The molecular weight excluding hydrogens is 447 g/mol. The van der Waals surface area contributed by atoms with Crippen LogP contribution < -0.4 is 0 Å². The molecule has 0 spiro atoms. The third-order valence-corrected chi connectivity index (χ3v) is 5.88. The van der Waals surface area contributed by atoms with Crippen molar-refractivity contribution < 1.29 is 9.53 Å². The third-order valence-electron chi connectivity index (χ3n) is 5.26. The van der Waals surface area contributed by atoms with Gasteiger partial charge < -0.3 is 4.74 Å². The third kappa shape index (κ3) is 24.2. The molecule has 0 aliphatic carbocycles. The fraction of sp³-hybridized carbons (Fsp3) is 0.958. The number of carbonyl (C=O) groups excluding carboxylic acids is 1. The average Bonchev–Trinajstić information content (AvgIpc) is 2.65. The van der Waals surface area contributed by atoms with Gasteiger partial charge in [-0.15, -0.1) is 0 Å². The Labute approximate surface area is 184 Å². The number of unbranched alkanes of at least 4 members (excludes halogenated alkanes) is 16. The SMILES string of the molecule is CCCCCCCCCCCCCCCCCCCOC(=O)CCC(C)I. The Morgan fingerprint density at radius 2 is 1.07 bits per heavy atom. The molecular formula is C24H47IO2. The van der Waals surface area contributed by atoms with Crippen molar-refractivity contribution in [3.05, 3.63) is 0 Å². The van der Waals surface area contributed by atoms with E-state index in [9.17, 15) is 4.79 Å². The van der Waals surface area contributed by atoms with Crippen LogP contribution in [0, 0.1) is 0 Å². The Bertz CT molecular complexity index is 305. The standard InChI is InChI=1S/C24H47IO2/c1-3-4-5-6-7-8-9-10-11-12-13-14-15-16-17-18-19-22-27-24(26)21-20-23(2)25/h23H,3-22H2,1-2H3. The van der Waals surface area contributed by atoms with Crippen LogP contribution in [0.5, 0.6) is 0 Å². The summed E-state index contributed by atoms with van der Waals surface area (Å²) in [5.41, 5.74) is 0. The molecule has 0 heterocycles. The number of hydrogen-bond donors (Lipinski definition) is 0. The molecule has 0 aromatic carbocycles. The fourth-order valence-corrected chi connectivity index (χ4v) is 3.71. The van der Waals surface area contributed by atoms with Gasteiger partial charge in [0.1, 0.15) is 0 Å². The summed E-state index contributed by atoms with van der Waals surface area (Å²) in [6, 6.07) is 0. The van der Waals surface area contributed by atoms with E-state index in [0.717, 1.165) is 12.8 Å². The molecule has 1 unspecified atom stereocenters. The van der Waals surface area contributed by atoms with Crippen LogP contribution in [0.1, 0.15) is 136 Å². The molecule has 0 aromatic rings. The smallest absolute Gasteiger partial charge is 0.305 e. The quantitative estimate of drug-likeness (QED) is 0.0690. The highest BCUT2D eigenvalue weighted by Gasteiger charge is 2.04. The molecule has 2 nitrogen and oxygen atoms in total. The van der Waals surface area contributed by atoms with Crippen molar-refractivity contribution in [2.45, 2.75) is 140 Å². The number of hydrogen-bond acceptors (Lipinski definition) is 2. The molecule has 0 aromatic heterocycles. The number of esters is 1. The van der Waals surface area contributed by atoms with Crippen molar-refractivity contribution in [2.75, 3.05) is 6.61 Å². The van der Waals surface area contributed by atoms with Gasteiger partial charge in [-0.05, 0) is 12.8 Å². The lowest BCUT2D eigenvalue weighted by Crippen LogP contribution is -2.07. The fourth-order valence-electron chi connectivity index (χ4n) is 3.40. The Balaban J connectivity index is 3.08. The van der Waals surface area contributed by atoms with E-state index < -0.39 is 0 Å². The van der Waals surface area contributed by atoms with Gasteiger partial charge in [-0.25, -0.2) is 0 Å². The highest BCUT2D eigenvalue weighted by atomic mass is 127. The summed E-state index contributed by atoms with van der Waals surface area (Å²) < 4.78 is 5.83. The highest BCUT2D eigenvalue weighted by Crippen LogP contribution is 2.14. The van der Waals surface area contributed by atoms with E-state index in [-0.39, 0.29) is 5.97 Å². The largest absolute Gasteiger partial charge is 0.466 e. The summed E-state index contributed by atoms with van der Waals surface area (Å²) in [5.74, 6) is -0.0185. The van der Waals surface area contributed by atoms with Gasteiger partial charge in [-0.3, -0.25) is 4.79 Å². The molecule has 1 atom stereocenters. The predicted molar refractivity (Wildman–Crippen MR) is 128 cm³/mol. The van der Waals surface area contributed by atoms with Gasteiger partial charge in [-0.1, -0.05) is 139 Å². The maximum absolute atomic E-state index is 11.5. The topological polar surface area (TPSA) is 26.3 Å². The van der Waals surface area contributed by atoms with Crippen LogP contribution in [0.3, 0.4) is 0 Å². The van der Waals surface area contributed by atoms with Gasteiger partial charge in [0.05, 0.1) is 6.61 Å². The second-order valence-electron chi connectivity index (χ2n) is 8.20. The van der Waals surface area contributed by atoms with E-state index in [1.165, 1.54) is 103 Å². The van der Waals surface area contributed by atoms with Crippen LogP contribution in [0.15, 0.2) is 0 Å². The molecule has 0 aliphatic heterocycles. The Hall–Kier alpha value is 0.200. The average molecular weight is 495 g/mol. The lowest BCUT2D eigenvalue weighted by molar-refractivity contribution is -0.143. The summed E-state index contributed by atoms with van der Waals surface area (Å²) in [6.45, 7) is 5.03. The van der Waals surface area contributed by atoms with Crippen LogP contribution in [-0.4, -0.2) is 16.5 Å². The van der Waals surface area contributed by atoms with E-state index in [0.29, 0.717) is 17.0 Å². The first-order valence-corrected chi connectivity index (χ1v) is 13.2. The molecule has 0 bridgehead atoms. The van der Waals surface area contributed by atoms with E-state index in [1.807, 2.05) is 0 Å². The summed E-state index contributed by atoms with van der Waals surface area (Å²) >= 11 is 2.35. The van der Waals surface area contributed by atoms with Crippen molar-refractivity contribution in [1.82, 2.24) is 0 Å². The zero-order valence-electron chi connectivity index (χ0n) is 18.4. The number of halogens is 1. The van der Waals surface area contributed by atoms with Gasteiger partial charge in [-0.2, -0.15) is 0 Å². The van der Waals surface area contributed by atoms with Crippen LogP contribution in [0.4, 0.5) is 0 Å². The summed E-state index contributed by atoms with van der Waals surface area (Å²) in [5, 5.41) is 0. The first-order chi connectivity index (χ1) is 13.2. The van der Waals surface area contributed by atoms with Gasteiger partial charge in [0.25, 0.3) is 0 Å². The lowest BCUT2D eigenvalue weighted by Gasteiger charge is -2.06. The minimum atomic E-state index is -0.0185.